The van der Waals surface area contributed by atoms with Crippen molar-refractivity contribution < 1.29 is 14.3 Å². The predicted octanol–water partition coefficient (Wildman–Crippen LogP) is 6.30. The number of benzene rings is 1. The fraction of sp³-hybridized carbons (Fsp3) is 0.250. The molecule has 8 heteroatoms. The van der Waals surface area contributed by atoms with Gasteiger partial charge in [0, 0.05) is 35.1 Å². The second kappa shape index (κ2) is 11.3. The molecular weight excluding hydrogens is 476 g/mol. The van der Waals surface area contributed by atoms with Gasteiger partial charge in [-0.15, -0.1) is 0 Å². The van der Waals surface area contributed by atoms with E-state index in [1.165, 1.54) is 0 Å². The van der Waals surface area contributed by atoms with E-state index in [4.69, 9.17) is 21.1 Å². The Balaban J connectivity index is 1.49. The first kappa shape index (κ1) is 25.3. The Hall–Kier alpha value is -3.84. The van der Waals surface area contributed by atoms with Gasteiger partial charge in [-0.2, -0.15) is 0 Å². The van der Waals surface area contributed by atoms with Crippen LogP contribution in [0, 0.1) is 0 Å². The lowest BCUT2D eigenvalue weighted by Gasteiger charge is -2.24. The van der Waals surface area contributed by atoms with Crippen molar-refractivity contribution in [1.29, 1.82) is 0 Å². The number of ether oxygens (including phenoxy) is 2. The lowest BCUT2D eigenvalue weighted by atomic mass is 10.1. The molecule has 0 spiro atoms. The third kappa shape index (κ3) is 7.09. The summed E-state index contributed by atoms with van der Waals surface area (Å²) in [5.41, 5.74) is 3.22. The van der Waals surface area contributed by atoms with E-state index < -0.39 is 11.7 Å². The molecule has 4 aromatic rings. The van der Waals surface area contributed by atoms with Crippen LogP contribution in [0.15, 0.2) is 67.3 Å². The number of pyridine rings is 2. The summed E-state index contributed by atoms with van der Waals surface area (Å²) in [5, 5.41) is 4.43. The van der Waals surface area contributed by atoms with Crippen LogP contribution in [-0.4, -0.2) is 39.3 Å². The Bertz CT molecular complexity index is 1350. The number of rotatable bonds is 8. The van der Waals surface area contributed by atoms with Crippen molar-refractivity contribution in [3.63, 3.8) is 0 Å². The van der Waals surface area contributed by atoms with Gasteiger partial charge < -0.3 is 19.8 Å². The van der Waals surface area contributed by atoms with Gasteiger partial charge in [0.2, 0.25) is 0 Å². The first-order chi connectivity index (χ1) is 17.3. The number of nitrogens with zero attached hydrogens (tertiary/aromatic N) is 2. The monoisotopic (exact) mass is 504 g/mol. The first-order valence-corrected chi connectivity index (χ1v) is 12.1. The molecule has 4 rings (SSSR count). The van der Waals surface area contributed by atoms with Crippen LogP contribution in [0.2, 0.25) is 5.15 Å². The Kier molecular flexibility index (Phi) is 7.90. The summed E-state index contributed by atoms with van der Waals surface area (Å²) >= 11 is 6.30. The van der Waals surface area contributed by atoms with Crippen molar-refractivity contribution in [2.45, 2.75) is 38.8 Å². The van der Waals surface area contributed by atoms with Gasteiger partial charge in [0.1, 0.15) is 23.1 Å². The fourth-order valence-electron chi connectivity index (χ4n) is 3.69. The zero-order chi connectivity index (χ0) is 25.5. The molecule has 0 saturated heterocycles. The van der Waals surface area contributed by atoms with Crippen molar-refractivity contribution in [3.8, 4) is 5.75 Å². The third-order valence-electron chi connectivity index (χ3n) is 5.32. The van der Waals surface area contributed by atoms with Crippen molar-refractivity contribution in [1.82, 2.24) is 20.3 Å². The summed E-state index contributed by atoms with van der Waals surface area (Å²) in [5.74, 6) is 0.545. The number of amides is 1. The van der Waals surface area contributed by atoms with E-state index >= 15 is 0 Å². The SMILES string of the molecule is CC(C)(C)OC(=O)N[C@H](COc1cnc(Cl)c(/C=C/c2ccncc2)c1)Cc1c[nH]c2ccccc12. The first-order valence-electron chi connectivity index (χ1n) is 11.7. The van der Waals surface area contributed by atoms with Gasteiger partial charge in [0.05, 0.1) is 12.2 Å². The van der Waals surface area contributed by atoms with Crippen LogP contribution >= 0.6 is 11.6 Å². The molecule has 1 amide bonds. The highest BCUT2D eigenvalue weighted by molar-refractivity contribution is 6.31. The number of aromatic nitrogens is 3. The molecule has 7 nitrogen and oxygen atoms in total. The van der Waals surface area contributed by atoms with E-state index in [9.17, 15) is 4.79 Å². The van der Waals surface area contributed by atoms with Crippen LogP contribution in [0.25, 0.3) is 23.1 Å². The maximum Gasteiger partial charge on any atom is 0.408 e. The lowest BCUT2D eigenvalue weighted by molar-refractivity contribution is 0.0488. The van der Waals surface area contributed by atoms with Crippen molar-refractivity contribution in [2.24, 2.45) is 0 Å². The minimum Gasteiger partial charge on any atom is -0.490 e. The van der Waals surface area contributed by atoms with E-state index in [0.717, 1.165) is 27.6 Å². The normalized spacial score (nSPS) is 12.6. The van der Waals surface area contributed by atoms with Crippen LogP contribution in [-0.2, 0) is 11.2 Å². The highest BCUT2D eigenvalue weighted by Gasteiger charge is 2.21. The molecule has 0 bridgehead atoms. The van der Waals surface area contributed by atoms with E-state index in [0.29, 0.717) is 17.3 Å². The van der Waals surface area contributed by atoms with Crippen molar-refractivity contribution in [2.75, 3.05) is 6.61 Å². The largest absolute Gasteiger partial charge is 0.490 e. The molecule has 3 aromatic heterocycles. The summed E-state index contributed by atoms with van der Waals surface area (Å²) in [6.07, 6.45) is 10.8. The summed E-state index contributed by atoms with van der Waals surface area (Å²) in [7, 11) is 0. The second-order valence-electron chi connectivity index (χ2n) is 9.38. The zero-order valence-electron chi connectivity index (χ0n) is 20.5. The number of fused-ring (bicyclic) bond motifs is 1. The summed E-state index contributed by atoms with van der Waals surface area (Å²) < 4.78 is 11.5. The predicted molar refractivity (Wildman–Crippen MR) is 143 cm³/mol. The number of para-hydroxylation sites is 1. The summed E-state index contributed by atoms with van der Waals surface area (Å²) in [6.45, 7) is 5.71. The molecule has 0 fully saturated rings. The highest BCUT2D eigenvalue weighted by Crippen LogP contribution is 2.23. The average Bonchev–Trinajstić information content (AvgIpc) is 3.25. The number of H-pyrrole nitrogens is 1. The molecule has 0 saturated carbocycles. The van der Waals surface area contributed by atoms with Gasteiger partial charge in [0.15, 0.2) is 0 Å². The maximum atomic E-state index is 12.6. The summed E-state index contributed by atoms with van der Waals surface area (Å²) in [6, 6.07) is 13.3. The Morgan fingerprint density at radius 1 is 1.17 bits per heavy atom. The van der Waals surface area contributed by atoms with E-state index in [1.54, 1.807) is 18.6 Å². The smallest absolute Gasteiger partial charge is 0.408 e. The number of hydrogen-bond donors (Lipinski definition) is 2. The van der Waals surface area contributed by atoms with E-state index in [2.05, 4.69) is 26.3 Å². The molecular formula is C28H29ClN4O3. The van der Waals surface area contributed by atoms with Crippen LogP contribution in [0.5, 0.6) is 5.75 Å². The van der Waals surface area contributed by atoms with E-state index in [-0.39, 0.29) is 12.6 Å². The van der Waals surface area contributed by atoms with E-state index in [1.807, 2.05) is 75.5 Å². The number of carbonyl (C=O) groups excluding carboxylic acids is 1. The van der Waals surface area contributed by atoms with Crippen LogP contribution < -0.4 is 10.1 Å². The molecule has 1 atom stereocenters. The third-order valence-corrected chi connectivity index (χ3v) is 5.63. The lowest BCUT2D eigenvalue weighted by Crippen LogP contribution is -2.43. The standard InChI is InChI=1S/C28H29ClN4O3/c1-28(2,3)36-27(34)33-22(14-21-16-31-25-7-5-4-6-24(21)25)18-35-23-15-20(26(29)32-17-23)9-8-19-10-12-30-13-11-19/h4-13,15-17,22,31H,14,18H2,1-3H3,(H,33,34)/b9-8+/t22-/m0/s1. The number of carbonyl (C=O) groups is 1. The molecule has 0 radical (unpaired) electrons. The number of alkyl carbamates (subject to hydrolysis) is 1. The number of aromatic amines is 1. The van der Waals surface area contributed by atoms with Gasteiger partial charge in [-0.05, 0) is 62.6 Å². The molecule has 0 unspecified atom stereocenters. The molecule has 0 aliphatic rings. The fourth-order valence-corrected chi connectivity index (χ4v) is 3.86. The van der Waals surface area contributed by atoms with Gasteiger partial charge in [0.25, 0.3) is 0 Å². The maximum absolute atomic E-state index is 12.6. The minimum absolute atomic E-state index is 0.218. The average molecular weight is 505 g/mol. The van der Waals surface area contributed by atoms with Crippen molar-refractivity contribution in [3.05, 3.63) is 89.1 Å². The van der Waals surface area contributed by atoms with Crippen LogP contribution in [0.3, 0.4) is 0 Å². The second-order valence-corrected chi connectivity index (χ2v) is 9.74. The van der Waals surface area contributed by atoms with Gasteiger partial charge in [-0.25, -0.2) is 9.78 Å². The minimum atomic E-state index is -0.605. The van der Waals surface area contributed by atoms with Crippen LogP contribution in [0.4, 0.5) is 4.79 Å². The molecule has 0 aliphatic carbocycles. The molecule has 2 N–H and O–H groups in total. The Morgan fingerprint density at radius 3 is 2.72 bits per heavy atom. The highest BCUT2D eigenvalue weighted by atomic mass is 35.5. The topological polar surface area (TPSA) is 89.1 Å². The van der Waals surface area contributed by atoms with Crippen molar-refractivity contribution >= 4 is 40.7 Å². The van der Waals surface area contributed by atoms with Gasteiger partial charge in [-0.3, -0.25) is 4.98 Å². The molecule has 0 aliphatic heterocycles. The molecule has 1 aromatic carbocycles. The number of halogens is 1. The molecule has 36 heavy (non-hydrogen) atoms. The Morgan fingerprint density at radius 2 is 1.94 bits per heavy atom. The zero-order valence-corrected chi connectivity index (χ0v) is 21.3. The van der Waals surface area contributed by atoms with Gasteiger partial charge in [-0.1, -0.05) is 42.0 Å². The number of nitrogens with one attached hydrogen (secondary N) is 2. The molecule has 186 valence electrons. The quantitative estimate of drug-likeness (QED) is 0.275. The van der Waals surface area contributed by atoms with Crippen LogP contribution in [0.1, 0.15) is 37.5 Å². The Labute approximate surface area is 215 Å². The van der Waals surface area contributed by atoms with Gasteiger partial charge >= 0.3 is 6.09 Å². The summed E-state index contributed by atoms with van der Waals surface area (Å²) in [4.78, 5) is 24.1. The molecule has 3 heterocycles. The number of hydrogen-bond acceptors (Lipinski definition) is 5.